The summed E-state index contributed by atoms with van der Waals surface area (Å²) in [5.74, 6) is -1.54. The number of hydrogen-bond donors (Lipinski definition) is 2. The topological polar surface area (TPSA) is 87.5 Å². The third-order valence-electron chi connectivity index (χ3n) is 5.79. The van der Waals surface area contributed by atoms with Crippen molar-refractivity contribution in [3.05, 3.63) is 60.7 Å². The molecular formula is C20H21BrClFN4O3. The zero-order valence-corrected chi connectivity index (χ0v) is 18.6. The van der Waals surface area contributed by atoms with Gasteiger partial charge in [0.25, 0.3) is 5.91 Å². The lowest BCUT2D eigenvalue weighted by atomic mass is 9.84. The Morgan fingerprint density at radius 2 is 2.20 bits per heavy atom. The van der Waals surface area contributed by atoms with Crippen LogP contribution in [0.1, 0.15) is 34.5 Å². The number of nitrogens with zero attached hydrogens (tertiary/aromatic N) is 3. The molecule has 4 rings (SSSR count). The van der Waals surface area contributed by atoms with Gasteiger partial charge in [0.15, 0.2) is 11.5 Å². The molecule has 7 nitrogen and oxygen atoms in total. The summed E-state index contributed by atoms with van der Waals surface area (Å²) in [6.45, 7) is 1.11. The summed E-state index contributed by atoms with van der Waals surface area (Å²) >= 11 is 9.57. The maximum absolute atomic E-state index is 14.9. The number of benzene rings is 1. The Balaban J connectivity index is 1.64. The first-order valence-electron chi connectivity index (χ1n) is 9.64. The minimum absolute atomic E-state index is 0.0512. The predicted molar refractivity (Wildman–Crippen MR) is 113 cm³/mol. The molecule has 2 fully saturated rings. The third-order valence-corrected chi connectivity index (χ3v) is 6.64. The molecule has 0 aliphatic carbocycles. The number of carbonyl (C=O) groups excluding carboxylic acids is 1. The molecule has 160 valence electrons. The molecule has 0 radical (unpaired) electrons. The molecule has 30 heavy (non-hydrogen) atoms. The van der Waals surface area contributed by atoms with Gasteiger partial charge in [-0.15, -0.1) is 0 Å². The van der Waals surface area contributed by atoms with Crippen molar-refractivity contribution in [2.24, 2.45) is 7.05 Å². The van der Waals surface area contributed by atoms with Crippen molar-refractivity contribution < 1.29 is 14.3 Å². The number of likely N-dealkylation sites (tertiary alicyclic amines) is 1. The zero-order chi connectivity index (χ0) is 21.6. The number of carbonyl (C=O) groups is 1. The van der Waals surface area contributed by atoms with Gasteiger partial charge < -0.3 is 15.3 Å². The lowest BCUT2D eigenvalue weighted by molar-refractivity contribution is -0.101. The van der Waals surface area contributed by atoms with Crippen LogP contribution >= 0.6 is 27.5 Å². The fourth-order valence-electron chi connectivity index (χ4n) is 4.09. The molecule has 1 aromatic heterocycles. The molecular weight excluding hydrogens is 479 g/mol. The van der Waals surface area contributed by atoms with Crippen molar-refractivity contribution in [1.82, 2.24) is 20.0 Å². The zero-order valence-electron chi connectivity index (χ0n) is 16.3. The molecule has 0 spiro atoms. The predicted octanol–water partition coefficient (Wildman–Crippen LogP) is 1.87. The van der Waals surface area contributed by atoms with Crippen molar-refractivity contribution in [3.8, 4) is 0 Å². The number of hydrogen-bond acceptors (Lipinski definition) is 5. The van der Waals surface area contributed by atoms with Crippen LogP contribution in [0.4, 0.5) is 4.39 Å². The molecule has 0 unspecified atom stereocenters. The molecule has 0 saturated carbocycles. The number of nitrogens with one attached hydrogen (secondary N) is 1. The number of aliphatic hydroxyl groups is 1. The average molecular weight is 500 g/mol. The van der Waals surface area contributed by atoms with Gasteiger partial charge in [-0.3, -0.25) is 9.59 Å². The van der Waals surface area contributed by atoms with Gasteiger partial charge in [-0.1, -0.05) is 33.6 Å². The van der Waals surface area contributed by atoms with Gasteiger partial charge in [0, 0.05) is 34.6 Å². The quantitative estimate of drug-likeness (QED) is 0.671. The Hall–Kier alpha value is -1.81. The lowest BCUT2D eigenvalue weighted by Crippen LogP contribution is -2.70. The molecule has 1 atom stereocenters. The van der Waals surface area contributed by atoms with Crippen molar-refractivity contribution >= 4 is 33.4 Å². The van der Waals surface area contributed by atoms with E-state index in [1.807, 2.05) is 0 Å². The summed E-state index contributed by atoms with van der Waals surface area (Å²) < 4.78 is 16.5. The van der Waals surface area contributed by atoms with Gasteiger partial charge in [0.2, 0.25) is 0 Å². The smallest absolute Gasteiger partial charge is 0.302 e. The van der Waals surface area contributed by atoms with Crippen LogP contribution in [0.3, 0.4) is 0 Å². The van der Waals surface area contributed by atoms with E-state index >= 15 is 0 Å². The molecule has 3 heterocycles. The van der Waals surface area contributed by atoms with E-state index < -0.39 is 22.9 Å². The van der Waals surface area contributed by atoms with Crippen LogP contribution in [0.15, 0.2) is 27.5 Å². The van der Waals surface area contributed by atoms with Crippen LogP contribution in [-0.4, -0.2) is 57.0 Å². The second-order valence-corrected chi connectivity index (χ2v) is 9.22. The standard InChI is InChI=1S/C20H21BrClFN4O3/c1-26-18(28)16(23)13(7-11-4-5-12(21)8-14(11)22)17(25-26)19(29)27-9-20(30,10-27)15-3-2-6-24-15/h4-5,8,15,24,30H,2-3,6-7,9-10H2,1H3/t15-/m0/s1. The molecule has 0 bridgehead atoms. The number of amides is 1. The highest BCUT2D eigenvalue weighted by Crippen LogP contribution is 2.31. The Labute approximate surface area is 186 Å². The molecule has 2 aromatic rings. The van der Waals surface area contributed by atoms with Crippen molar-refractivity contribution in [3.63, 3.8) is 0 Å². The second kappa shape index (κ2) is 8.03. The van der Waals surface area contributed by atoms with Crippen molar-refractivity contribution in [2.45, 2.75) is 30.9 Å². The Kier molecular flexibility index (Phi) is 5.73. The van der Waals surface area contributed by atoms with E-state index in [9.17, 15) is 19.1 Å². The number of rotatable bonds is 4. The normalized spacial score (nSPS) is 20.3. The van der Waals surface area contributed by atoms with Gasteiger partial charge in [0.1, 0.15) is 5.60 Å². The van der Waals surface area contributed by atoms with E-state index in [2.05, 4.69) is 26.3 Å². The maximum Gasteiger partial charge on any atom is 0.302 e. The van der Waals surface area contributed by atoms with Crippen LogP contribution in [0.5, 0.6) is 0 Å². The fourth-order valence-corrected chi connectivity index (χ4v) is 4.83. The second-order valence-electron chi connectivity index (χ2n) is 7.90. The highest BCUT2D eigenvalue weighted by Gasteiger charge is 2.50. The molecule has 10 heteroatoms. The lowest BCUT2D eigenvalue weighted by Gasteiger charge is -2.49. The van der Waals surface area contributed by atoms with Gasteiger partial charge in [-0.25, -0.2) is 9.07 Å². The molecule has 2 N–H and O–H groups in total. The van der Waals surface area contributed by atoms with E-state index in [0.717, 1.165) is 28.5 Å². The third kappa shape index (κ3) is 3.79. The Bertz CT molecular complexity index is 1060. The highest BCUT2D eigenvalue weighted by molar-refractivity contribution is 9.10. The fraction of sp³-hybridized carbons (Fsp3) is 0.450. The summed E-state index contributed by atoms with van der Waals surface area (Å²) in [5.41, 5.74) is -1.58. The van der Waals surface area contributed by atoms with E-state index in [1.54, 1.807) is 18.2 Å². The van der Waals surface area contributed by atoms with Crippen LogP contribution < -0.4 is 10.9 Å². The Morgan fingerprint density at radius 1 is 1.47 bits per heavy atom. The molecule has 2 saturated heterocycles. The first kappa shape index (κ1) is 21.4. The van der Waals surface area contributed by atoms with Gasteiger partial charge in [-0.2, -0.15) is 5.10 Å². The molecule has 1 aromatic carbocycles. The SMILES string of the molecule is Cn1nc(C(=O)N2CC(O)([C@@H]3CCCN3)C2)c(Cc2ccc(Br)cc2Cl)c(F)c1=O. The molecule has 2 aliphatic rings. The molecule has 2 aliphatic heterocycles. The number of β-amino-alcohol motifs (C(OH)–C–C–N with tert-alkyl or cyclic N) is 1. The largest absolute Gasteiger partial charge is 0.385 e. The van der Waals surface area contributed by atoms with Gasteiger partial charge in [0.05, 0.1) is 13.1 Å². The summed E-state index contributed by atoms with van der Waals surface area (Å²) in [4.78, 5) is 26.7. The average Bonchev–Trinajstić information content (AvgIpc) is 3.22. The van der Waals surface area contributed by atoms with Crippen molar-refractivity contribution in [2.75, 3.05) is 19.6 Å². The van der Waals surface area contributed by atoms with E-state index in [1.165, 1.54) is 11.9 Å². The number of halogens is 3. The first-order valence-corrected chi connectivity index (χ1v) is 10.8. The monoisotopic (exact) mass is 498 g/mol. The van der Waals surface area contributed by atoms with E-state index in [-0.39, 0.29) is 36.8 Å². The van der Waals surface area contributed by atoms with Gasteiger partial charge >= 0.3 is 5.56 Å². The van der Waals surface area contributed by atoms with E-state index in [0.29, 0.717) is 10.6 Å². The van der Waals surface area contributed by atoms with Gasteiger partial charge in [-0.05, 0) is 37.1 Å². The Morgan fingerprint density at radius 3 is 2.83 bits per heavy atom. The van der Waals surface area contributed by atoms with Crippen LogP contribution in [-0.2, 0) is 13.5 Å². The maximum atomic E-state index is 14.9. The first-order chi connectivity index (χ1) is 14.2. The van der Waals surface area contributed by atoms with Crippen LogP contribution in [0, 0.1) is 5.82 Å². The minimum Gasteiger partial charge on any atom is -0.385 e. The summed E-state index contributed by atoms with van der Waals surface area (Å²) in [7, 11) is 1.30. The highest BCUT2D eigenvalue weighted by atomic mass is 79.9. The summed E-state index contributed by atoms with van der Waals surface area (Å²) in [6, 6.07) is 5.05. The number of aromatic nitrogens is 2. The van der Waals surface area contributed by atoms with Crippen LogP contribution in [0.25, 0.3) is 0 Å². The summed E-state index contributed by atoms with van der Waals surface area (Å²) in [6.07, 6.45) is 1.77. The molecule has 1 amide bonds. The minimum atomic E-state index is -1.02. The summed E-state index contributed by atoms with van der Waals surface area (Å²) in [5, 5.41) is 18.5. The number of aryl methyl sites for hydroxylation is 1. The van der Waals surface area contributed by atoms with Crippen molar-refractivity contribution in [1.29, 1.82) is 0 Å². The van der Waals surface area contributed by atoms with E-state index in [4.69, 9.17) is 11.6 Å². The van der Waals surface area contributed by atoms with Crippen LogP contribution in [0.2, 0.25) is 5.02 Å².